The molecule has 1 aromatic heterocycles. The first-order valence-electron chi connectivity index (χ1n) is 12.5. The van der Waals surface area contributed by atoms with Gasteiger partial charge in [0.25, 0.3) is 0 Å². The van der Waals surface area contributed by atoms with Gasteiger partial charge in [-0.05, 0) is 72.7 Å². The number of benzene rings is 4. The lowest BCUT2D eigenvalue weighted by Crippen LogP contribution is -2.07. The molecular weight excluding hydrogens is 428 g/mol. The highest BCUT2D eigenvalue weighted by molar-refractivity contribution is 5.76. The molecule has 4 aromatic carbocycles. The average Bonchev–Trinajstić information content (AvgIpc) is 3.23. The molecule has 0 unspecified atom stereocenters. The number of hydrogen-bond donors (Lipinski definition) is 0. The number of fused-ring (bicyclic) bond motifs is 1. The van der Waals surface area contributed by atoms with Crippen molar-refractivity contribution in [1.82, 2.24) is 9.55 Å². The van der Waals surface area contributed by atoms with Crippen LogP contribution in [0.5, 0.6) is 5.75 Å². The third-order valence-electron chi connectivity index (χ3n) is 6.53. The van der Waals surface area contributed by atoms with E-state index in [1.165, 1.54) is 33.3 Å². The molecule has 3 heteroatoms. The van der Waals surface area contributed by atoms with Crippen molar-refractivity contribution in [2.45, 2.75) is 39.7 Å². The molecule has 0 aliphatic carbocycles. The number of unbranched alkanes of at least 4 members (excludes halogenated alkanes) is 1. The summed E-state index contributed by atoms with van der Waals surface area (Å²) in [7, 11) is 0. The predicted molar refractivity (Wildman–Crippen MR) is 145 cm³/mol. The van der Waals surface area contributed by atoms with Gasteiger partial charge in [-0.15, -0.1) is 0 Å². The monoisotopic (exact) mass is 460 g/mol. The zero-order chi connectivity index (χ0) is 24.0. The van der Waals surface area contributed by atoms with Crippen LogP contribution in [0.4, 0.5) is 0 Å². The number of para-hydroxylation sites is 2. The first kappa shape index (κ1) is 22.9. The Morgan fingerprint density at radius 2 is 1.49 bits per heavy atom. The zero-order valence-electron chi connectivity index (χ0n) is 20.6. The van der Waals surface area contributed by atoms with Gasteiger partial charge >= 0.3 is 0 Å². The lowest BCUT2D eigenvalue weighted by atomic mass is 10.0. The fraction of sp³-hybridized carbons (Fsp3) is 0.219. The van der Waals surface area contributed by atoms with Crippen molar-refractivity contribution >= 4 is 11.0 Å². The Morgan fingerprint density at radius 3 is 2.31 bits per heavy atom. The average molecular weight is 461 g/mol. The van der Waals surface area contributed by atoms with Gasteiger partial charge in [0.2, 0.25) is 0 Å². The van der Waals surface area contributed by atoms with Crippen molar-refractivity contribution < 1.29 is 4.74 Å². The van der Waals surface area contributed by atoms with E-state index in [9.17, 15) is 0 Å². The van der Waals surface area contributed by atoms with Crippen molar-refractivity contribution in [3.8, 4) is 16.9 Å². The molecule has 0 fully saturated rings. The second-order valence-electron chi connectivity index (χ2n) is 9.23. The predicted octanol–water partition coefficient (Wildman–Crippen LogP) is 7.77. The Hall–Kier alpha value is -3.85. The molecule has 0 aliphatic heterocycles. The van der Waals surface area contributed by atoms with Crippen LogP contribution in [0.1, 0.15) is 35.4 Å². The summed E-state index contributed by atoms with van der Waals surface area (Å²) in [5.41, 5.74) is 8.46. The number of aryl methyl sites for hydroxylation is 3. The second kappa shape index (κ2) is 10.6. The molecule has 0 saturated carbocycles. The maximum absolute atomic E-state index is 6.07. The van der Waals surface area contributed by atoms with Gasteiger partial charge in [0.1, 0.15) is 11.6 Å². The summed E-state index contributed by atoms with van der Waals surface area (Å²) in [6.45, 7) is 5.87. The molecular formula is C32H32N2O. The highest BCUT2D eigenvalue weighted by Crippen LogP contribution is 2.23. The summed E-state index contributed by atoms with van der Waals surface area (Å²) in [5.74, 6) is 2.12. The molecule has 0 atom stereocenters. The minimum atomic E-state index is 0.729. The molecule has 0 radical (unpaired) electrons. The zero-order valence-corrected chi connectivity index (χ0v) is 20.6. The summed E-state index contributed by atoms with van der Waals surface area (Å²) in [6, 6.07) is 34.2. The molecule has 0 spiro atoms. The van der Waals surface area contributed by atoms with E-state index >= 15 is 0 Å². The van der Waals surface area contributed by atoms with Crippen LogP contribution < -0.4 is 4.74 Å². The van der Waals surface area contributed by atoms with Gasteiger partial charge in [0.15, 0.2) is 0 Å². The van der Waals surface area contributed by atoms with Crippen LogP contribution in [0.2, 0.25) is 0 Å². The van der Waals surface area contributed by atoms with Crippen molar-refractivity contribution in [2.24, 2.45) is 0 Å². The Labute approximate surface area is 208 Å². The molecule has 0 amide bonds. The lowest BCUT2D eigenvalue weighted by Gasteiger charge is -2.12. The summed E-state index contributed by atoms with van der Waals surface area (Å²) in [5, 5.41) is 0. The van der Waals surface area contributed by atoms with Gasteiger partial charge in [0.05, 0.1) is 17.6 Å². The van der Waals surface area contributed by atoms with Crippen molar-refractivity contribution in [3.63, 3.8) is 0 Å². The van der Waals surface area contributed by atoms with Gasteiger partial charge in [-0.2, -0.15) is 0 Å². The molecule has 35 heavy (non-hydrogen) atoms. The summed E-state index contributed by atoms with van der Waals surface area (Å²) >= 11 is 0. The van der Waals surface area contributed by atoms with Crippen molar-refractivity contribution in [2.75, 3.05) is 6.61 Å². The van der Waals surface area contributed by atoms with E-state index in [4.69, 9.17) is 9.72 Å². The van der Waals surface area contributed by atoms with Gasteiger partial charge in [-0.25, -0.2) is 4.98 Å². The first-order valence-corrected chi connectivity index (χ1v) is 12.5. The van der Waals surface area contributed by atoms with E-state index in [1.807, 2.05) is 0 Å². The van der Waals surface area contributed by atoms with E-state index < -0.39 is 0 Å². The Morgan fingerprint density at radius 1 is 0.743 bits per heavy atom. The Balaban J connectivity index is 1.26. The van der Waals surface area contributed by atoms with E-state index in [-0.39, 0.29) is 0 Å². The summed E-state index contributed by atoms with van der Waals surface area (Å²) < 4.78 is 8.46. The van der Waals surface area contributed by atoms with Crippen LogP contribution in [0, 0.1) is 13.8 Å². The molecule has 5 rings (SSSR count). The molecule has 0 saturated heterocycles. The van der Waals surface area contributed by atoms with Gasteiger partial charge in [-0.1, -0.05) is 78.9 Å². The van der Waals surface area contributed by atoms with Crippen LogP contribution in [-0.2, 0) is 13.0 Å². The smallest absolute Gasteiger partial charge is 0.122 e. The van der Waals surface area contributed by atoms with Gasteiger partial charge in [0, 0.05) is 13.0 Å². The highest BCUT2D eigenvalue weighted by atomic mass is 16.5. The third-order valence-corrected chi connectivity index (χ3v) is 6.53. The fourth-order valence-electron chi connectivity index (χ4n) is 4.55. The third kappa shape index (κ3) is 5.46. The van der Waals surface area contributed by atoms with E-state index in [0.29, 0.717) is 0 Å². The number of rotatable bonds is 9. The van der Waals surface area contributed by atoms with Gasteiger partial charge in [-0.3, -0.25) is 0 Å². The number of hydrogen-bond acceptors (Lipinski definition) is 2. The Bertz CT molecular complexity index is 1400. The number of aromatic nitrogens is 2. The lowest BCUT2D eigenvalue weighted by molar-refractivity contribution is 0.301. The molecule has 5 aromatic rings. The minimum Gasteiger partial charge on any atom is -0.493 e. The topological polar surface area (TPSA) is 27.1 Å². The quantitative estimate of drug-likeness (QED) is 0.210. The van der Waals surface area contributed by atoms with E-state index in [2.05, 4.69) is 115 Å². The molecule has 0 bridgehead atoms. The number of ether oxygens (including phenoxy) is 1. The van der Waals surface area contributed by atoms with Crippen LogP contribution in [0.3, 0.4) is 0 Å². The fourth-order valence-corrected chi connectivity index (χ4v) is 4.55. The maximum Gasteiger partial charge on any atom is 0.122 e. The standard InChI is InChI=1S/C32H32N2O/c1-24-14-15-25(2)31(22-24)35-21-9-8-20-34-30-13-7-6-12-29(30)33-32(34)23-26-16-18-28(19-17-26)27-10-4-3-5-11-27/h3-7,10-19,22H,8-9,20-21,23H2,1-2H3. The molecule has 0 N–H and O–H groups in total. The van der Waals surface area contributed by atoms with Crippen LogP contribution >= 0.6 is 0 Å². The van der Waals surface area contributed by atoms with Crippen molar-refractivity contribution in [1.29, 1.82) is 0 Å². The minimum absolute atomic E-state index is 0.729. The van der Waals surface area contributed by atoms with Crippen LogP contribution in [0.25, 0.3) is 22.2 Å². The van der Waals surface area contributed by atoms with Gasteiger partial charge < -0.3 is 9.30 Å². The number of nitrogens with zero attached hydrogens (tertiary/aromatic N) is 2. The molecule has 0 aliphatic rings. The molecule has 3 nitrogen and oxygen atoms in total. The molecule has 176 valence electrons. The van der Waals surface area contributed by atoms with Crippen LogP contribution in [0.15, 0.2) is 97.1 Å². The normalized spacial score (nSPS) is 11.1. The number of imidazole rings is 1. The van der Waals surface area contributed by atoms with Crippen LogP contribution in [-0.4, -0.2) is 16.2 Å². The van der Waals surface area contributed by atoms with E-state index in [0.717, 1.165) is 49.5 Å². The molecule has 1 heterocycles. The first-order chi connectivity index (χ1) is 17.2. The highest BCUT2D eigenvalue weighted by Gasteiger charge is 2.11. The van der Waals surface area contributed by atoms with Crippen molar-refractivity contribution in [3.05, 3.63) is 120 Å². The summed E-state index contributed by atoms with van der Waals surface area (Å²) in [6.07, 6.45) is 2.87. The largest absolute Gasteiger partial charge is 0.493 e. The second-order valence-corrected chi connectivity index (χ2v) is 9.23. The Kier molecular flexibility index (Phi) is 6.94. The maximum atomic E-state index is 6.07. The summed E-state index contributed by atoms with van der Waals surface area (Å²) in [4.78, 5) is 4.99. The van der Waals surface area contributed by atoms with E-state index in [1.54, 1.807) is 0 Å². The SMILES string of the molecule is Cc1ccc(C)c(OCCCCn2c(Cc3ccc(-c4ccccc4)cc3)nc3ccccc32)c1.